The van der Waals surface area contributed by atoms with Crippen molar-refractivity contribution in [3.8, 4) is 11.5 Å². The summed E-state index contributed by atoms with van der Waals surface area (Å²) >= 11 is 0. The molecule has 9 heteroatoms. The van der Waals surface area contributed by atoms with E-state index in [1.54, 1.807) is 18.2 Å². The van der Waals surface area contributed by atoms with Crippen LogP contribution in [0.25, 0.3) is 0 Å². The molecule has 8 nitrogen and oxygen atoms in total. The Bertz CT molecular complexity index is 494. The molecule has 0 aliphatic carbocycles. The van der Waals surface area contributed by atoms with Crippen LogP contribution in [0.4, 0.5) is 0 Å². The second-order valence-electron chi connectivity index (χ2n) is 3.62. The van der Waals surface area contributed by atoms with Gasteiger partial charge in [-0.15, -0.1) is 0 Å². The van der Waals surface area contributed by atoms with Gasteiger partial charge in [-0.25, -0.2) is 4.57 Å². The molecule has 0 heterocycles. The summed E-state index contributed by atoms with van der Waals surface area (Å²) in [6.45, 7) is -0.643. The zero-order chi connectivity index (χ0) is 15.0. The van der Waals surface area contributed by atoms with Crippen LogP contribution in [-0.4, -0.2) is 32.3 Å². The summed E-state index contributed by atoms with van der Waals surface area (Å²) < 4.78 is 30.9. The van der Waals surface area contributed by atoms with Gasteiger partial charge in [-0.1, -0.05) is 11.2 Å². The molecule has 0 spiro atoms. The number of methoxy groups -OCH3 is 2. The highest BCUT2D eigenvalue weighted by molar-refractivity contribution is 7.47. The molecule has 1 aromatic carbocycles. The van der Waals surface area contributed by atoms with E-state index in [9.17, 15) is 14.4 Å². The highest BCUT2D eigenvalue weighted by Gasteiger charge is 2.21. The number of nitroso groups, excluding NO2 is 1. The fourth-order valence-corrected chi connectivity index (χ4v) is 2.06. The monoisotopic (exact) mass is 305 g/mol. The molecular weight excluding hydrogens is 289 g/mol. The van der Waals surface area contributed by atoms with Crippen LogP contribution in [0.15, 0.2) is 23.4 Å². The number of nitrogens with zero attached hydrogens (tertiary/aromatic N) is 1. The topological polar surface area (TPSA) is 104 Å². The van der Waals surface area contributed by atoms with E-state index in [-0.39, 0.29) is 19.8 Å². The molecule has 0 amide bonds. The molecule has 0 fully saturated rings. The second-order valence-corrected chi connectivity index (χ2v) is 5.07. The van der Waals surface area contributed by atoms with Crippen molar-refractivity contribution < 1.29 is 28.0 Å². The van der Waals surface area contributed by atoms with Crippen molar-refractivity contribution in [1.29, 1.82) is 0 Å². The molecule has 0 bridgehead atoms. The van der Waals surface area contributed by atoms with E-state index >= 15 is 0 Å². The van der Waals surface area contributed by atoms with Gasteiger partial charge in [0.2, 0.25) is 0 Å². The molecule has 1 N–H and O–H groups in total. The average Bonchev–Trinajstić information content (AvgIpc) is 2.45. The Morgan fingerprint density at radius 3 is 2.50 bits per heavy atom. The number of hydrogen-bond acceptors (Lipinski definition) is 7. The normalized spacial score (nSPS) is 13.6. The quantitative estimate of drug-likeness (QED) is 0.423. The maximum absolute atomic E-state index is 11.5. The fourth-order valence-electron chi connectivity index (χ4n) is 1.36. The standard InChI is InChI=1S/C11H16NO7P/c1-16-10-4-3-9(7-11(10)17-2)8-19-20(14,15)18-6-5-12-13/h3-4,7H,5-6,8H2,1-2H3,(H,14,15). The molecule has 0 radical (unpaired) electrons. The number of benzene rings is 1. The predicted molar refractivity (Wildman–Crippen MR) is 70.8 cm³/mol. The van der Waals surface area contributed by atoms with E-state index in [0.29, 0.717) is 17.1 Å². The molecule has 0 saturated carbocycles. The summed E-state index contributed by atoms with van der Waals surface area (Å²) in [6.07, 6.45) is 0. The Hall–Kier alpha value is -1.47. The van der Waals surface area contributed by atoms with Crippen molar-refractivity contribution >= 4 is 7.82 Å². The first kappa shape index (κ1) is 16.6. The van der Waals surface area contributed by atoms with E-state index in [0.717, 1.165) is 0 Å². The highest BCUT2D eigenvalue weighted by Crippen LogP contribution is 2.44. The van der Waals surface area contributed by atoms with Gasteiger partial charge in [0.05, 0.1) is 27.4 Å². The molecule has 1 aromatic rings. The Balaban J connectivity index is 2.60. The lowest BCUT2D eigenvalue weighted by atomic mass is 10.2. The first-order valence-corrected chi connectivity index (χ1v) is 7.14. The van der Waals surface area contributed by atoms with Crippen LogP contribution < -0.4 is 9.47 Å². The van der Waals surface area contributed by atoms with Crippen LogP contribution in [0, 0.1) is 4.91 Å². The van der Waals surface area contributed by atoms with Gasteiger partial charge < -0.3 is 14.4 Å². The second kappa shape index (κ2) is 7.96. The Morgan fingerprint density at radius 2 is 1.90 bits per heavy atom. The zero-order valence-electron chi connectivity index (χ0n) is 11.1. The minimum absolute atomic E-state index is 0.150. The third kappa shape index (κ3) is 5.26. The molecule has 0 saturated heterocycles. The Morgan fingerprint density at radius 1 is 1.20 bits per heavy atom. The Kier molecular flexibility index (Phi) is 6.60. The summed E-state index contributed by atoms with van der Waals surface area (Å²) in [5.74, 6) is 1.02. The van der Waals surface area contributed by atoms with Crippen LogP contribution in [0.2, 0.25) is 0 Å². The van der Waals surface area contributed by atoms with E-state index in [2.05, 4.69) is 9.70 Å². The number of ether oxygens (including phenoxy) is 2. The van der Waals surface area contributed by atoms with Gasteiger partial charge >= 0.3 is 7.82 Å². The van der Waals surface area contributed by atoms with Crippen molar-refractivity contribution in [1.82, 2.24) is 0 Å². The van der Waals surface area contributed by atoms with Crippen molar-refractivity contribution in [2.45, 2.75) is 6.61 Å². The molecule has 20 heavy (non-hydrogen) atoms. The summed E-state index contributed by atoms with van der Waals surface area (Å²) in [5, 5.41) is 2.51. The molecule has 112 valence electrons. The first-order chi connectivity index (χ1) is 9.52. The largest absolute Gasteiger partial charge is 0.493 e. The van der Waals surface area contributed by atoms with Crippen molar-refractivity contribution in [2.75, 3.05) is 27.4 Å². The average molecular weight is 305 g/mol. The smallest absolute Gasteiger partial charge is 0.472 e. The van der Waals surface area contributed by atoms with Crippen LogP contribution in [0.1, 0.15) is 5.56 Å². The third-order valence-electron chi connectivity index (χ3n) is 2.28. The maximum atomic E-state index is 11.5. The van der Waals surface area contributed by atoms with Gasteiger partial charge in [-0.2, -0.15) is 4.91 Å². The number of rotatable bonds is 9. The van der Waals surface area contributed by atoms with Crippen LogP contribution in [0.5, 0.6) is 11.5 Å². The van der Waals surface area contributed by atoms with Gasteiger partial charge in [-0.05, 0) is 17.7 Å². The zero-order valence-corrected chi connectivity index (χ0v) is 12.0. The number of phosphoric acid groups is 1. The molecular formula is C11H16NO7P. The fraction of sp³-hybridized carbons (Fsp3) is 0.455. The van der Waals surface area contributed by atoms with E-state index in [1.807, 2.05) is 0 Å². The summed E-state index contributed by atoms with van der Waals surface area (Å²) in [6, 6.07) is 4.93. The SMILES string of the molecule is COc1ccc(COP(=O)(O)OCCN=O)cc1OC. The predicted octanol–water partition coefficient (Wildman–Crippen LogP) is 2.10. The third-order valence-corrected chi connectivity index (χ3v) is 3.24. The first-order valence-electron chi connectivity index (χ1n) is 5.64. The van der Waals surface area contributed by atoms with Crippen molar-refractivity contribution in [3.63, 3.8) is 0 Å². The summed E-state index contributed by atoms with van der Waals surface area (Å²) in [5.41, 5.74) is 0.606. The van der Waals surface area contributed by atoms with Crippen LogP contribution in [-0.2, 0) is 20.2 Å². The lowest BCUT2D eigenvalue weighted by Gasteiger charge is -2.12. The van der Waals surface area contributed by atoms with Crippen molar-refractivity contribution in [3.05, 3.63) is 28.7 Å². The number of hydrogen-bond donors (Lipinski definition) is 1. The van der Waals surface area contributed by atoms with Gasteiger partial charge in [-0.3, -0.25) is 9.05 Å². The Labute approximate surface area is 116 Å². The summed E-state index contributed by atoms with van der Waals surface area (Å²) in [7, 11) is -1.22. The minimum atomic E-state index is -4.20. The van der Waals surface area contributed by atoms with Crippen LogP contribution >= 0.6 is 7.82 Å². The molecule has 0 aromatic heterocycles. The summed E-state index contributed by atoms with van der Waals surface area (Å²) in [4.78, 5) is 19.2. The van der Waals surface area contributed by atoms with Crippen LogP contribution in [0.3, 0.4) is 0 Å². The minimum Gasteiger partial charge on any atom is -0.493 e. The number of phosphoric ester groups is 1. The maximum Gasteiger partial charge on any atom is 0.472 e. The van der Waals surface area contributed by atoms with E-state index < -0.39 is 7.82 Å². The van der Waals surface area contributed by atoms with Gasteiger partial charge in [0.15, 0.2) is 11.5 Å². The van der Waals surface area contributed by atoms with Gasteiger partial charge in [0.25, 0.3) is 0 Å². The van der Waals surface area contributed by atoms with Gasteiger partial charge in [0, 0.05) is 0 Å². The molecule has 1 rings (SSSR count). The molecule has 0 aliphatic heterocycles. The molecule has 1 atom stereocenters. The molecule has 0 aliphatic rings. The molecule has 1 unspecified atom stereocenters. The lowest BCUT2D eigenvalue weighted by Crippen LogP contribution is -2.00. The van der Waals surface area contributed by atoms with E-state index in [1.165, 1.54) is 14.2 Å². The lowest BCUT2D eigenvalue weighted by molar-refractivity contribution is 0.146. The highest BCUT2D eigenvalue weighted by atomic mass is 31.2. The van der Waals surface area contributed by atoms with E-state index in [4.69, 9.17) is 14.0 Å². The van der Waals surface area contributed by atoms with Crippen molar-refractivity contribution in [2.24, 2.45) is 5.18 Å². The van der Waals surface area contributed by atoms with Gasteiger partial charge in [0.1, 0.15) is 6.54 Å².